The number of amides is 2. The SMILES string of the molecule is COCCN(CC(=O)N1N=C(c2cccs2)CC1c1cccn1C)C(=O)c1ccc(OC)cc1. The summed E-state index contributed by atoms with van der Waals surface area (Å²) in [4.78, 5) is 29.3. The van der Waals surface area contributed by atoms with Gasteiger partial charge in [-0.15, -0.1) is 11.3 Å². The number of benzene rings is 1. The third-order valence-electron chi connectivity index (χ3n) is 5.81. The number of carbonyl (C=O) groups is 2. The molecule has 0 saturated carbocycles. The molecule has 8 nitrogen and oxygen atoms in total. The summed E-state index contributed by atoms with van der Waals surface area (Å²) in [6.45, 7) is 0.508. The van der Waals surface area contributed by atoms with Crippen LogP contribution in [0.25, 0.3) is 0 Å². The van der Waals surface area contributed by atoms with Crippen LogP contribution < -0.4 is 4.74 Å². The van der Waals surface area contributed by atoms with E-state index in [1.807, 2.05) is 47.5 Å². The van der Waals surface area contributed by atoms with Crippen LogP contribution in [0.3, 0.4) is 0 Å². The Morgan fingerprint density at radius 3 is 2.56 bits per heavy atom. The summed E-state index contributed by atoms with van der Waals surface area (Å²) >= 11 is 1.60. The largest absolute Gasteiger partial charge is 0.497 e. The number of nitrogens with zero attached hydrogens (tertiary/aromatic N) is 4. The third-order valence-corrected chi connectivity index (χ3v) is 6.73. The Bertz CT molecular complexity index is 1150. The predicted octanol–water partition coefficient (Wildman–Crippen LogP) is 3.56. The first-order valence-corrected chi connectivity index (χ1v) is 11.9. The average Bonchev–Trinajstić information content (AvgIpc) is 3.61. The maximum absolute atomic E-state index is 13.5. The Labute approximate surface area is 203 Å². The Morgan fingerprint density at radius 1 is 1.15 bits per heavy atom. The number of hydrogen-bond acceptors (Lipinski definition) is 6. The monoisotopic (exact) mass is 480 g/mol. The molecule has 0 fully saturated rings. The van der Waals surface area contributed by atoms with E-state index in [1.54, 1.807) is 49.8 Å². The molecule has 1 aromatic carbocycles. The van der Waals surface area contributed by atoms with Crippen molar-refractivity contribution in [2.24, 2.45) is 12.1 Å². The van der Waals surface area contributed by atoms with Crippen molar-refractivity contribution >= 4 is 28.9 Å². The minimum atomic E-state index is -0.245. The molecule has 3 heterocycles. The number of methoxy groups -OCH3 is 2. The normalized spacial score (nSPS) is 15.3. The van der Waals surface area contributed by atoms with Crippen molar-refractivity contribution in [1.82, 2.24) is 14.5 Å². The van der Waals surface area contributed by atoms with Gasteiger partial charge in [-0.2, -0.15) is 5.10 Å². The van der Waals surface area contributed by atoms with Gasteiger partial charge in [0.25, 0.3) is 11.8 Å². The highest BCUT2D eigenvalue weighted by atomic mass is 32.1. The van der Waals surface area contributed by atoms with Crippen molar-refractivity contribution in [1.29, 1.82) is 0 Å². The molecule has 0 saturated heterocycles. The maximum Gasteiger partial charge on any atom is 0.262 e. The Balaban J connectivity index is 1.58. The summed E-state index contributed by atoms with van der Waals surface area (Å²) in [6, 6.07) is 14.6. The van der Waals surface area contributed by atoms with Gasteiger partial charge in [0.1, 0.15) is 18.3 Å². The van der Waals surface area contributed by atoms with Crippen LogP contribution in [0.4, 0.5) is 0 Å². The minimum absolute atomic E-state index is 0.101. The molecule has 1 aliphatic rings. The molecular formula is C25H28N4O4S. The molecule has 0 spiro atoms. The lowest BCUT2D eigenvalue weighted by Gasteiger charge is -2.27. The number of aromatic nitrogens is 1. The number of ether oxygens (including phenoxy) is 2. The fourth-order valence-corrected chi connectivity index (χ4v) is 4.71. The first-order valence-electron chi connectivity index (χ1n) is 11.0. The van der Waals surface area contributed by atoms with E-state index in [2.05, 4.69) is 0 Å². The van der Waals surface area contributed by atoms with E-state index in [0.29, 0.717) is 24.3 Å². The number of aryl methyl sites for hydroxylation is 1. The number of thiophene rings is 1. The van der Waals surface area contributed by atoms with Crippen molar-refractivity contribution in [3.63, 3.8) is 0 Å². The second-order valence-electron chi connectivity index (χ2n) is 7.97. The van der Waals surface area contributed by atoms with Gasteiger partial charge in [0, 0.05) is 44.6 Å². The lowest BCUT2D eigenvalue weighted by atomic mass is 10.1. The van der Waals surface area contributed by atoms with Gasteiger partial charge in [-0.25, -0.2) is 5.01 Å². The molecule has 1 aliphatic heterocycles. The zero-order valence-electron chi connectivity index (χ0n) is 19.5. The molecule has 0 bridgehead atoms. The smallest absolute Gasteiger partial charge is 0.262 e. The summed E-state index contributed by atoms with van der Waals surface area (Å²) in [6.07, 6.45) is 2.58. The first kappa shape index (κ1) is 23.7. The molecule has 3 aromatic rings. The van der Waals surface area contributed by atoms with Crippen LogP contribution in [0.5, 0.6) is 5.75 Å². The molecule has 9 heteroatoms. The van der Waals surface area contributed by atoms with Crippen LogP contribution in [-0.2, 0) is 16.6 Å². The highest BCUT2D eigenvalue weighted by molar-refractivity contribution is 7.12. The van der Waals surface area contributed by atoms with E-state index >= 15 is 0 Å². The van der Waals surface area contributed by atoms with E-state index in [0.717, 1.165) is 16.3 Å². The number of hydrazone groups is 1. The van der Waals surface area contributed by atoms with Gasteiger partial charge in [0.05, 0.1) is 24.3 Å². The lowest BCUT2D eigenvalue weighted by molar-refractivity contribution is -0.134. The minimum Gasteiger partial charge on any atom is -0.497 e. The van der Waals surface area contributed by atoms with Gasteiger partial charge in [-0.3, -0.25) is 9.59 Å². The summed E-state index contributed by atoms with van der Waals surface area (Å²) in [5.74, 6) is 0.176. The topological polar surface area (TPSA) is 76.4 Å². The van der Waals surface area contributed by atoms with Gasteiger partial charge < -0.3 is 18.9 Å². The molecule has 1 atom stereocenters. The molecule has 0 N–H and O–H groups in total. The summed E-state index contributed by atoms with van der Waals surface area (Å²) in [5, 5.41) is 8.24. The average molecular weight is 481 g/mol. The molecule has 4 rings (SSSR count). The number of carbonyl (C=O) groups excluding carboxylic acids is 2. The van der Waals surface area contributed by atoms with E-state index in [9.17, 15) is 9.59 Å². The van der Waals surface area contributed by atoms with Gasteiger partial charge in [0.2, 0.25) is 0 Å². The summed E-state index contributed by atoms with van der Waals surface area (Å²) < 4.78 is 12.4. The van der Waals surface area contributed by atoms with E-state index in [4.69, 9.17) is 14.6 Å². The fourth-order valence-electron chi connectivity index (χ4n) is 3.99. The maximum atomic E-state index is 13.5. The Morgan fingerprint density at radius 2 is 1.94 bits per heavy atom. The van der Waals surface area contributed by atoms with Crippen molar-refractivity contribution < 1.29 is 19.1 Å². The highest BCUT2D eigenvalue weighted by Gasteiger charge is 2.35. The molecule has 0 aliphatic carbocycles. The van der Waals surface area contributed by atoms with Crippen LogP contribution in [0.2, 0.25) is 0 Å². The van der Waals surface area contributed by atoms with E-state index in [1.165, 1.54) is 9.91 Å². The van der Waals surface area contributed by atoms with Crippen molar-refractivity contribution in [3.8, 4) is 5.75 Å². The predicted molar refractivity (Wildman–Crippen MR) is 131 cm³/mol. The lowest BCUT2D eigenvalue weighted by Crippen LogP contribution is -2.43. The van der Waals surface area contributed by atoms with Crippen LogP contribution >= 0.6 is 11.3 Å². The number of rotatable bonds is 9. The second-order valence-corrected chi connectivity index (χ2v) is 8.92. The second kappa shape index (κ2) is 10.7. The van der Waals surface area contributed by atoms with E-state index in [-0.39, 0.29) is 30.9 Å². The number of hydrogen-bond donors (Lipinski definition) is 0. The molecule has 2 amide bonds. The van der Waals surface area contributed by atoms with Gasteiger partial charge in [-0.05, 0) is 47.8 Å². The van der Waals surface area contributed by atoms with Crippen molar-refractivity contribution in [2.75, 3.05) is 33.9 Å². The molecule has 1 unspecified atom stereocenters. The Hall–Kier alpha value is -3.43. The Kier molecular flexibility index (Phi) is 7.44. The molecule has 34 heavy (non-hydrogen) atoms. The molecule has 2 aromatic heterocycles. The van der Waals surface area contributed by atoms with Crippen LogP contribution in [0.15, 0.2) is 65.2 Å². The molecule has 178 valence electrons. The first-order chi connectivity index (χ1) is 16.5. The summed E-state index contributed by atoms with van der Waals surface area (Å²) in [7, 11) is 5.10. The summed E-state index contributed by atoms with van der Waals surface area (Å²) in [5.41, 5.74) is 2.35. The zero-order chi connectivity index (χ0) is 24.1. The molecule has 0 radical (unpaired) electrons. The van der Waals surface area contributed by atoms with Crippen LogP contribution in [0, 0.1) is 0 Å². The zero-order valence-corrected chi connectivity index (χ0v) is 20.3. The van der Waals surface area contributed by atoms with E-state index < -0.39 is 0 Å². The quantitative estimate of drug-likeness (QED) is 0.469. The standard InChI is InChI=1S/C25H28N4O4S/c1-27-12-4-6-21(27)22-16-20(23-7-5-15-34-23)26-29(22)24(30)17-28(13-14-32-2)25(31)18-8-10-19(33-3)11-9-18/h4-12,15,22H,13-14,16-17H2,1-3H3. The highest BCUT2D eigenvalue weighted by Crippen LogP contribution is 2.34. The van der Waals surface area contributed by atoms with Crippen LogP contribution in [-0.4, -0.2) is 65.9 Å². The van der Waals surface area contributed by atoms with Crippen molar-refractivity contribution in [3.05, 3.63) is 76.2 Å². The van der Waals surface area contributed by atoms with Gasteiger partial charge in [-0.1, -0.05) is 6.07 Å². The van der Waals surface area contributed by atoms with Crippen LogP contribution in [0.1, 0.15) is 33.4 Å². The third kappa shape index (κ3) is 5.05. The van der Waals surface area contributed by atoms with Gasteiger partial charge >= 0.3 is 0 Å². The van der Waals surface area contributed by atoms with Crippen molar-refractivity contribution in [2.45, 2.75) is 12.5 Å². The molecular weight excluding hydrogens is 452 g/mol. The van der Waals surface area contributed by atoms with Gasteiger partial charge in [0.15, 0.2) is 0 Å². The fraction of sp³-hybridized carbons (Fsp3) is 0.320.